The summed E-state index contributed by atoms with van der Waals surface area (Å²) in [7, 11) is 0. The SMILES string of the molecule is CCOC(=O)CCC(=O)N1CCN(CCN(Cc2ccc(F)cc2)C(=O)c2cccs2)CC1. The van der Waals surface area contributed by atoms with Crippen molar-refractivity contribution < 1.29 is 23.5 Å². The summed E-state index contributed by atoms with van der Waals surface area (Å²) in [4.78, 5) is 43.3. The molecule has 0 atom stereocenters. The number of hydrogen-bond donors (Lipinski definition) is 0. The molecule has 9 heteroatoms. The fourth-order valence-electron chi connectivity index (χ4n) is 3.70. The fraction of sp³-hybridized carbons (Fsp3) is 0.458. The summed E-state index contributed by atoms with van der Waals surface area (Å²) in [5.41, 5.74) is 0.873. The molecule has 0 unspecified atom stereocenters. The van der Waals surface area contributed by atoms with Gasteiger partial charge in [-0.1, -0.05) is 18.2 Å². The van der Waals surface area contributed by atoms with Gasteiger partial charge in [-0.15, -0.1) is 11.3 Å². The minimum Gasteiger partial charge on any atom is -0.466 e. The minimum absolute atomic E-state index is 0.0338. The molecular weight excluding hydrogens is 445 g/mol. The van der Waals surface area contributed by atoms with Crippen LogP contribution in [-0.2, 0) is 20.9 Å². The van der Waals surface area contributed by atoms with Crippen molar-refractivity contribution in [2.45, 2.75) is 26.3 Å². The lowest BCUT2D eigenvalue weighted by Gasteiger charge is -2.36. The zero-order valence-corrected chi connectivity index (χ0v) is 19.7. The highest BCUT2D eigenvalue weighted by molar-refractivity contribution is 7.12. The van der Waals surface area contributed by atoms with E-state index in [2.05, 4.69) is 4.90 Å². The first-order chi connectivity index (χ1) is 16.0. The first kappa shape index (κ1) is 24.9. The first-order valence-electron chi connectivity index (χ1n) is 11.2. The Labute approximate surface area is 197 Å². The van der Waals surface area contributed by atoms with Crippen molar-refractivity contribution in [2.24, 2.45) is 0 Å². The monoisotopic (exact) mass is 475 g/mol. The standard InChI is InChI=1S/C24H30FN3O4S/c1-2-32-23(30)10-9-22(29)27-14-11-26(12-15-27)13-16-28(24(31)21-4-3-17-33-21)18-19-5-7-20(25)8-6-19/h3-8,17H,2,9-16,18H2,1H3. The molecule has 3 rings (SSSR count). The molecule has 2 amide bonds. The zero-order valence-electron chi connectivity index (χ0n) is 18.9. The van der Waals surface area contributed by atoms with E-state index in [4.69, 9.17) is 4.74 Å². The molecule has 0 N–H and O–H groups in total. The molecule has 1 saturated heterocycles. The molecule has 0 saturated carbocycles. The lowest BCUT2D eigenvalue weighted by Crippen LogP contribution is -2.50. The summed E-state index contributed by atoms with van der Waals surface area (Å²) >= 11 is 1.40. The van der Waals surface area contributed by atoms with Crippen molar-refractivity contribution in [1.29, 1.82) is 0 Å². The summed E-state index contributed by atoms with van der Waals surface area (Å²) in [6, 6.07) is 9.87. The van der Waals surface area contributed by atoms with Crippen LogP contribution < -0.4 is 0 Å². The van der Waals surface area contributed by atoms with E-state index in [1.165, 1.54) is 23.5 Å². The Morgan fingerprint density at radius 1 is 1.06 bits per heavy atom. The Morgan fingerprint density at radius 2 is 1.79 bits per heavy atom. The molecule has 2 aromatic rings. The van der Waals surface area contributed by atoms with Gasteiger partial charge in [0.15, 0.2) is 0 Å². The predicted molar refractivity (Wildman–Crippen MR) is 124 cm³/mol. The molecule has 1 aliphatic heterocycles. The van der Waals surface area contributed by atoms with E-state index >= 15 is 0 Å². The number of piperazine rings is 1. The highest BCUT2D eigenvalue weighted by Gasteiger charge is 2.23. The molecule has 1 aromatic heterocycles. The van der Waals surface area contributed by atoms with Crippen LogP contribution in [0.15, 0.2) is 41.8 Å². The lowest BCUT2D eigenvalue weighted by atomic mass is 10.2. The number of esters is 1. The Morgan fingerprint density at radius 3 is 2.42 bits per heavy atom. The molecule has 0 radical (unpaired) electrons. The van der Waals surface area contributed by atoms with Crippen LogP contribution in [0.2, 0.25) is 0 Å². The molecule has 2 heterocycles. The van der Waals surface area contributed by atoms with Gasteiger partial charge in [0.1, 0.15) is 5.82 Å². The summed E-state index contributed by atoms with van der Waals surface area (Å²) in [6.45, 7) is 6.30. The number of carbonyl (C=O) groups is 3. The highest BCUT2D eigenvalue weighted by Crippen LogP contribution is 2.16. The molecule has 1 aromatic carbocycles. The fourth-order valence-corrected chi connectivity index (χ4v) is 4.39. The van der Waals surface area contributed by atoms with Gasteiger partial charge in [0.05, 0.1) is 17.9 Å². The number of amides is 2. The summed E-state index contributed by atoms with van der Waals surface area (Å²) in [6.07, 6.45) is 0.273. The topological polar surface area (TPSA) is 70.2 Å². The zero-order chi connectivity index (χ0) is 23.6. The van der Waals surface area contributed by atoms with E-state index in [9.17, 15) is 18.8 Å². The van der Waals surface area contributed by atoms with Crippen LogP contribution >= 0.6 is 11.3 Å². The number of rotatable bonds is 10. The van der Waals surface area contributed by atoms with Gasteiger partial charge in [-0.25, -0.2) is 4.39 Å². The van der Waals surface area contributed by atoms with Gasteiger partial charge < -0.3 is 14.5 Å². The quantitative estimate of drug-likeness (QED) is 0.494. The Balaban J connectivity index is 1.50. The van der Waals surface area contributed by atoms with Gasteiger partial charge in [0.25, 0.3) is 5.91 Å². The third kappa shape index (κ3) is 7.64. The largest absolute Gasteiger partial charge is 0.466 e. The molecule has 1 aliphatic rings. The maximum atomic E-state index is 13.3. The van der Waals surface area contributed by atoms with Crippen LogP contribution in [0.1, 0.15) is 35.0 Å². The molecular formula is C24H30FN3O4S. The third-order valence-electron chi connectivity index (χ3n) is 5.57. The number of nitrogens with zero attached hydrogens (tertiary/aromatic N) is 3. The number of hydrogen-bond acceptors (Lipinski definition) is 6. The first-order valence-corrected chi connectivity index (χ1v) is 12.1. The van der Waals surface area contributed by atoms with Crippen molar-refractivity contribution in [3.05, 3.63) is 58.0 Å². The Kier molecular flexibility index (Phi) is 9.38. The average molecular weight is 476 g/mol. The number of benzene rings is 1. The summed E-state index contributed by atoms with van der Waals surface area (Å²) in [5, 5.41) is 1.88. The van der Waals surface area contributed by atoms with Crippen molar-refractivity contribution in [3.63, 3.8) is 0 Å². The predicted octanol–water partition coefficient (Wildman–Crippen LogP) is 3.02. The van der Waals surface area contributed by atoms with Crippen molar-refractivity contribution in [2.75, 3.05) is 45.9 Å². The number of thiophene rings is 1. The van der Waals surface area contributed by atoms with E-state index in [1.807, 2.05) is 17.5 Å². The molecule has 33 heavy (non-hydrogen) atoms. The van der Waals surface area contributed by atoms with Gasteiger partial charge in [-0.05, 0) is 36.1 Å². The average Bonchev–Trinajstić information content (AvgIpc) is 3.36. The molecule has 0 spiro atoms. The van der Waals surface area contributed by atoms with E-state index < -0.39 is 0 Å². The van der Waals surface area contributed by atoms with Crippen molar-refractivity contribution >= 4 is 29.1 Å². The van der Waals surface area contributed by atoms with E-state index in [0.717, 1.165) is 5.56 Å². The summed E-state index contributed by atoms with van der Waals surface area (Å²) in [5.74, 6) is -0.721. The third-order valence-corrected chi connectivity index (χ3v) is 6.42. The normalized spacial score (nSPS) is 14.2. The second kappa shape index (κ2) is 12.5. The Bertz CT molecular complexity index is 912. The van der Waals surface area contributed by atoms with Crippen LogP contribution in [0.5, 0.6) is 0 Å². The lowest BCUT2D eigenvalue weighted by molar-refractivity contribution is -0.146. The second-order valence-electron chi connectivity index (χ2n) is 7.86. The number of carbonyl (C=O) groups excluding carboxylic acids is 3. The van der Waals surface area contributed by atoms with Gasteiger partial charge >= 0.3 is 5.97 Å². The number of halogens is 1. The van der Waals surface area contributed by atoms with Crippen LogP contribution in [0.25, 0.3) is 0 Å². The van der Waals surface area contributed by atoms with Gasteiger partial charge in [0, 0.05) is 52.2 Å². The van der Waals surface area contributed by atoms with E-state index in [1.54, 1.807) is 28.9 Å². The van der Waals surface area contributed by atoms with Crippen LogP contribution in [-0.4, -0.2) is 78.4 Å². The maximum Gasteiger partial charge on any atom is 0.306 e. The molecule has 0 aliphatic carbocycles. The number of ether oxygens (including phenoxy) is 1. The minimum atomic E-state index is -0.346. The highest BCUT2D eigenvalue weighted by atomic mass is 32.1. The van der Waals surface area contributed by atoms with Crippen LogP contribution in [0.3, 0.4) is 0 Å². The second-order valence-corrected chi connectivity index (χ2v) is 8.81. The smallest absolute Gasteiger partial charge is 0.306 e. The van der Waals surface area contributed by atoms with Crippen molar-refractivity contribution in [3.8, 4) is 0 Å². The molecule has 7 nitrogen and oxygen atoms in total. The van der Waals surface area contributed by atoms with Gasteiger partial charge in [-0.3, -0.25) is 19.3 Å². The van der Waals surface area contributed by atoms with Crippen molar-refractivity contribution in [1.82, 2.24) is 14.7 Å². The summed E-state index contributed by atoms with van der Waals surface area (Å²) < 4.78 is 18.1. The van der Waals surface area contributed by atoms with Gasteiger partial charge in [0.2, 0.25) is 5.91 Å². The van der Waals surface area contributed by atoms with E-state index in [-0.39, 0.29) is 36.4 Å². The Hall–Kier alpha value is -2.78. The molecule has 1 fully saturated rings. The molecule has 0 bridgehead atoms. The van der Waals surface area contributed by atoms with Crippen LogP contribution in [0.4, 0.5) is 4.39 Å². The molecule has 178 valence electrons. The van der Waals surface area contributed by atoms with Gasteiger partial charge in [-0.2, -0.15) is 0 Å². The van der Waals surface area contributed by atoms with E-state index in [0.29, 0.717) is 57.3 Å². The maximum absolute atomic E-state index is 13.3. The van der Waals surface area contributed by atoms with Crippen LogP contribution in [0, 0.1) is 5.82 Å².